The minimum absolute atomic E-state index is 0.0165. The maximum atomic E-state index is 9.91. The lowest BCUT2D eigenvalue weighted by atomic mass is 10.0. The first kappa shape index (κ1) is 18.1. The summed E-state index contributed by atoms with van der Waals surface area (Å²) in [7, 11) is 0. The van der Waals surface area contributed by atoms with Crippen molar-refractivity contribution in [1.29, 1.82) is 0 Å². The average molecular weight is 316 g/mol. The van der Waals surface area contributed by atoms with Gasteiger partial charge in [0.2, 0.25) is 0 Å². The summed E-state index contributed by atoms with van der Waals surface area (Å²) in [5, 5.41) is 9.91. The van der Waals surface area contributed by atoms with Gasteiger partial charge in [-0.15, -0.1) is 0 Å². The quantitative estimate of drug-likeness (QED) is 0.698. The molecule has 0 amide bonds. The number of hydrogen-bond donors (Lipinski definition) is 1. The first-order valence-corrected chi connectivity index (χ1v) is 8.68. The highest BCUT2D eigenvalue weighted by Gasteiger charge is 2.38. The summed E-state index contributed by atoms with van der Waals surface area (Å²) in [6, 6.07) is 0. The molecule has 0 bridgehead atoms. The average Bonchev–Trinajstić information content (AvgIpc) is 2.97. The molecule has 0 aromatic carbocycles. The molecular weight excluding hydrogens is 284 g/mol. The topological polar surface area (TPSA) is 57.2 Å². The summed E-state index contributed by atoms with van der Waals surface area (Å²) in [4.78, 5) is 0. The van der Waals surface area contributed by atoms with Crippen LogP contribution in [0.2, 0.25) is 0 Å². The third-order valence-electron chi connectivity index (χ3n) is 4.48. The van der Waals surface area contributed by atoms with Crippen molar-refractivity contribution >= 4 is 0 Å². The normalized spacial score (nSPS) is 35.9. The molecule has 2 fully saturated rings. The smallest absolute Gasteiger partial charge is 0.163 e. The van der Waals surface area contributed by atoms with Gasteiger partial charge in [-0.25, -0.2) is 0 Å². The second-order valence-electron chi connectivity index (χ2n) is 7.00. The maximum absolute atomic E-state index is 9.91. The van der Waals surface area contributed by atoms with Crippen LogP contribution in [0.5, 0.6) is 0 Å². The molecule has 0 aromatic rings. The lowest BCUT2D eigenvalue weighted by Gasteiger charge is -2.25. The molecule has 2 heterocycles. The fourth-order valence-corrected chi connectivity index (χ4v) is 3.14. The second-order valence-corrected chi connectivity index (χ2v) is 7.00. The third-order valence-corrected chi connectivity index (χ3v) is 4.48. The Labute approximate surface area is 134 Å². The fourth-order valence-electron chi connectivity index (χ4n) is 3.14. The van der Waals surface area contributed by atoms with Crippen LogP contribution in [0.15, 0.2) is 0 Å². The lowest BCUT2D eigenvalue weighted by molar-refractivity contribution is -0.153. The minimum Gasteiger partial charge on any atom is -0.390 e. The van der Waals surface area contributed by atoms with E-state index in [0.717, 1.165) is 12.8 Å². The zero-order valence-corrected chi connectivity index (χ0v) is 14.4. The number of hydrogen-bond acceptors (Lipinski definition) is 5. The Kier molecular flexibility index (Phi) is 6.65. The fraction of sp³-hybridized carbons (Fsp3) is 1.00. The highest BCUT2D eigenvalue weighted by Crippen LogP contribution is 2.28. The standard InChI is InChI=1S/C17H32O5/c1-5-6-7-8-15(16-9-14(18)12(2)21-16)19-10-13-11-20-17(3,4)22-13/h12-16,18H,5-11H2,1-4H3. The number of ether oxygens (including phenoxy) is 4. The predicted octanol–water partition coefficient (Wildman–Crippen LogP) is 2.64. The van der Waals surface area contributed by atoms with Crippen LogP contribution in [0, 0.1) is 0 Å². The molecule has 5 unspecified atom stereocenters. The molecule has 130 valence electrons. The Morgan fingerprint density at radius 1 is 1.32 bits per heavy atom. The zero-order valence-electron chi connectivity index (χ0n) is 14.4. The van der Waals surface area contributed by atoms with Crippen LogP contribution < -0.4 is 0 Å². The van der Waals surface area contributed by atoms with Gasteiger partial charge in [0.15, 0.2) is 5.79 Å². The zero-order chi connectivity index (χ0) is 16.2. The molecule has 5 atom stereocenters. The van der Waals surface area contributed by atoms with Gasteiger partial charge < -0.3 is 24.1 Å². The lowest BCUT2D eigenvalue weighted by Crippen LogP contribution is -2.33. The van der Waals surface area contributed by atoms with Crippen molar-refractivity contribution in [2.45, 2.75) is 96.1 Å². The van der Waals surface area contributed by atoms with Crippen LogP contribution in [-0.4, -0.2) is 54.6 Å². The van der Waals surface area contributed by atoms with E-state index in [4.69, 9.17) is 18.9 Å². The molecular formula is C17H32O5. The third kappa shape index (κ3) is 5.17. The highest BCUT2D eigenvalue weighted by molar-refractivity contribution is 4.85. The number of unbranched alkanes of at least 4 members (excludes halogenated alkanes) is 2. The molecule has 2 aliphatic heterocycles. The Balaban J connectivity index is 1.82. The van der Waals surface area contributed by atoms with Crippen LogP contribution in [0.4, 0.5) is 0 Å². The Morgan fingerprint density at radius 3 is 2.64 bits per heavy atom. The van der Waals surface area contributed by atoms with E-state index < -0.39 is 5.79 Å². The summed E-state index contributed by atoms with van der Waals surface area (Å²) in [6.07, 6.45) is 4.63. The summed E-state index contributed by atoms with van der Waals surface area (Å²) >= 11 is 0. The van der Waals surface area contributed by atoms with E-state index in [1.807, 2.05) is 20.8 Å². The van der Waals surface area contributed by atoms with Crippen molar-refractivity contribution in [1.82, 2.24) is 0 Å². The number of aliphatic hydroxyl groups is 1. The van der Waals surface area contributed by atoms with Crippen LogP contribution >= 0.6 is 0 Å². The van der Waals surface area contributed by atoms with Crippen molar-refractivity contribution in [2.24, 2.45) is 0 Å². The van der Waals surface area contributed by atoms with E-state index in [1.54, 1.807) is 0 Å². The molecule has 22 heavy (non-hydrogen) atoms. The molecule has 5 nitrogen and oxygen atoms in total. The van der Waals surface area contributed by atoms with Crippen molar-refractivity contribution in [2.75, 3.05) is 13.2 Å². The number of aliphatic hydroxyl groups excluding tert-OH is 1. The van der Waals surface area contributed by atoms with E-state index in [2.05, 4.69) is 6.92 Å². The molecule has 0 radical (unpaired) electrons. The van der Waals surface area contributed by atoms with Crippen molar-refractivity contribution in [3.8, 4) is 0 Å². The van der Waals surface area contributed by atoms with Crippen LogP contribution in [-0.2, 0) is 18.9 Å². The Bertz CT molecular complexity index is 323. The van der Waals surface area contributed by atoms with Crippen molar-refractivity contribution < 1.29 is 24.1 Å². The van der Waals surface area contributed by atoms with Crippen LogP contribution in [0.25, 0.3) is 0 Å². The van der Waals surface area contributed by atoms with E-state index in [0.29, 0.717) is 19.6 Å². The van der Waals surface area contributed by atoms with Gasteiger partial charge in [0, 0.05) is 6.42 Å². The molecule has 0 spiro atoms. The van der Waals surface area contributed by atoms with E-state index in [-0.39, 0.29) is 30.5 Å². The summed E-state index contributed by atoms with van der Waals surface area (Å²) in [5.41, 5.74) is 0. The largest absolute Gasteiger partial charge is 0.390 e. The predicted molar refractivity (Wildman–Crippen MR) is 83.7 cm³/mol. The molecule has 2 rings (SSSR count). The molecule has 2 saturated heterocycles. The molecule has 2 aliphatic rings. The summed E-state index contributed by atoms with van der Waals surface area (Å²) < 4.78 is 23.3. The van der Waals surface area contributed by atoms with Gasteiger partial charge in [-0.2, -0.15) is 0 Å². The molecule has 5 heteroatoms. The van der Waals surface area contributed by atoms with Gasteiger partial charge in [0.05, 0.1) is 37.6 Å². The summed E-state index contributed by atoms with van der Waals surface area (Å²) in [5.74, 6) is -0.514. The summed E-state index contributed by atoms with van der Waals surface area (Å²) in [6.45, 7) is 9.04. The number of rotatable bonds is 8. The van der Waals surface area contributed by atoms with E-state index in [1.165, 1.54) is 12.8 Å². The van der Waals surface area contributed by atoms with Crippen LogP contribution in [0.3, 0.4) is 0 Å². The molecule has 1 N–H and O–H groups in total. The van der Waals surface area contributed by atoms with Gasteiger partial charge in [-0.05, 0) is 27.2 Å². The van der Waals surface area contributed by atoms with Crippen LogP contribution in [0.1, 0.15) is 59.8 Å². The first-order chi connectivity index (χ1) is 10.4. The van der Waals surface area contributed by atoms with E-state index in [9.17, 15) is 5.11 Å². The van der Waals surface area contributed by atoms with Crippen molar-refractivity contribution in [3.05, 3.63) is 0 Å². The van der Waals surface area contributed by atoms with Gasteiger partial charge >= 0.3 is 0 Å². The first-order valence-electron chi connectivity index (χ1n) is 8.68. The van der Waals surface area contributed by atoms with Gasteiger partial charge in [-0.1, -0.05) is 26.2 Å². The SMILES string of the molecule is CCCCCC(OCC1COC(C)(C)O1)C1CC(O)C(C)O1. The van der Waals surface area contributed by atoms with Crippen molar-refractivity contribution in [3.63, 3.8) is 0 Å². The van der Waals surface area contributed by atoms with Gasteiger partial charge in [0.25, 0.3) is 0 Å². The molecule has 0 aliphatic carbocycles. The Hall–Kier alpha value is -0.200. The monoisotopic (exact) mass is 316 g/mol. The maximum Gasteiger partial charge on any atom is 0.163 e. The Morgan fingerprint density at radius 2 is 2.09 bits per heavy atom. The minimum atomic E-state index is -0.514. The second kappa shape index (κ2) is 8.06. The highest BCUT2D eigenvalue weighted by atomic mass is 16.7. The van der Waals surface area contributed by atoms with Gasteiger partial charge in [-0.3, -0.25) is 0 Å². The molecule has 0 aromatic heterocycles. The molecule has 0 saturated carbocycles. The van der Waals surface area contributed by atoms with E-state index >= 15 is 0 Å². The van der Waals surface area contributed by atoms with Gasteiger partial charge in [0.1, 0.15) is 6.10 Å².